The summed E-state index contributed by atoms with van der Waals surface area (Å²) in [7, 11) is 0. The molecule has 0 amide bonds. The minimum atomic E-state index is -0.307. The monoisotopic (exact) mass is 275 g/mol. The first kappa shape index (κ1) is 13.1. The molecule has 1 aromatic carbocycles. The first-order valence-corrected chi connectivity index (χ1v) is 6.68. The Labute approximate surface area is 112 Å². The van der Waals surface area contributed by atoms with Gasteiger partial charge in [-0.15, -0.1) is 11.6 Å². The summed E-state index contributed by atoms with van der Waals surface area (Å²) in [6.45, 7) is 4.53. The molecular formula is C13H16Cl2FN. The zero-order valence-electron chi connectivity index (χ0n) is 9.80. The SMILES string of the molecule is CC1CCN(Cc2cccc(Cl)c2F)CC1Cl. The van der Waals surface area contributed by atoms with E-state index in [0.717, 1.165) is 19.5 Å². The van der Waals surface area contributed by atoms with Gasteiger partial charge in [-0.2, -0.15) is 0 Å². The van der Waals surface area contributed by atoms with Crippen LogP contribution in [-0.4, -0.2) is 23.4 Å². The standard InChI is InChI=1S/C13H16Cl2FN/c1-9-5-6-17(8-12(9)15)7-10-3-2-4-11(14)13(10)16/h2-4,9,12H,5-8H2,1H3. The van der Waals surface area contributed by atoms with Crippen molar-refractivity contribution in [2.24, 2.45) is 5.92 Å². The Kier molecular flexibility index (Phi) is 4.29. The number of halogens is 3. The van der Waals surface area contributed by atoms with Crippen molar-refractivity contribution in [2.45, 2.75) is 25.3 Å². The van der Waals surface area contributed by atoms with Crippen molar-refractivity contribution in [1.82, 2.24) is 4.90 Å². The summed E-state index contributed by atoms with van der Waals surface area (Å²) in [4.78, 5) is 2.19. The van der Waals surface area contributed by atoms with E-state index in [1.54, 1.807) is 18.2 Å². The number of likely N-dealkylation sites (tertiary alicyclic amines) is 1. The van der Waals surface area contributed by atoms with Crippen molar-refractivity contribution in [3.63, 3.8) is 0 Å². The highest BCUT2D eigenvalue weighted by Crippen LogP contribution is 2.25. The van der Waals surface area contributed by atoms with Crippen LogP contribution in [0.2, 0.25) is 5.02 Å². The van der Waals surface area contributed by atoms with Gasteiger partial charge in [-0.05, 0) is 24.9 Å². The molecule has 94 valence electrons. The molecule has 1 nitrogen and oxygen atoms in total. The number of nitrogens with zero attached hydrogens (tertiary/aromatic N) is 1. The second kappa shape index (κ2) is 5.55. The maximum Gasteiger partial charge on any atom is 0.146 e. The first-order chi connectivity index (χ1) is 8.08. The van der Waals surface area contributed by atoms with Crippen molar-refractivity contribution in [2.75, 3.05) is 13.1 Å². The molecule has 0 radical (unpaired) electrons. The first-order valence-electron chi connectivity index (χ1n) is 5.87. The van der Waals surface area contributed by atoms with Crippen LogP contribution in [0.15, 0.2) is 18.2 Å². The third kappa shape index (κ3) is 3.12. The fraction of sp³-hybridized carbons (Fsp3) is 0.538. The summed E-state index contributed by atoms with van der Waals surface area (Å²) in [5.41, 5.74) is 0.649. The second-order valence-electron chi connectivity index (χ2n) is 4.73. The number of alkyl halides is 1. The Balaban J connectivity index is 2.04. The third-order valence-corrected chi connectivity index (χ3v) is 4.24. The van der Waals surface area contributed by atoms with Crippen LogP contribution in [0.3, 0.4) is 0 Å². The molecule has 1 heterocycles. The minimum absolute atomic E-state index is 0.158. The summed E-state index contributed by atoms with van der Waals surface area (Å²) in [5, 5.41) is 0.348. The Hall–Kier alpha value is -0.310. The van der Waals surface area contributed by atoms with E-state index in [-0.39, 0.29) is 16.2 Å². The lowest BCUT2D eigenvalue weighted by atomic mass is 9.98. The van der Waals surface area contributed by atoms with Gasteiger partial charge >= 0.3 is 0 Å². The molecule has 1 aliphatic heterocycles. The number of benzene rings is 1. The van der Waals surface area contributed by atoms with E-state index < -0.39 is 0 Å². The van der Waals surface area contributed by atoms with Gasteiger partial charge in [0.15, 0.2) is 0 Å². The largest absolute Gasteiger partial charge is 0.297 e. The van der Waals surface area contributed by atoms with Gasteiger partial charge in [0, 0.05) is 24.0 Å². The molecule has 0 bridgehead atoms. The smallest absolute Gasteiger partial charge is 0.146 e. The lowest BCUT2D eigenvalue weighted by Crippen LogP contribution is -2.39. The molecule has 0 aliphatic carbocycles. The van der Waals surface area contributed by atoms with Crippen LogP contribution in [0, 0.1) is 11.7 Å². The molecule has 0 N–H and O–H groups in total. The van der Waals surface area contributed by atoms with E-state index in [2.05, 4.69) is 11.8 Å². The molecular weight excluding hydrogens is 260 g/mol. The quantitative estimate of drug-likeness (QED) is 0.740. The van der Waals surface area contributed by atoms with Crippen LogP contribution in [0.4, 0.5) is 4.39 Å². The third-order valence-electron chi connectivity index (χ3n) is 3.38. The highest BCUT2D eigenvalue weighted by atomic mass is 35.5. The molecule has 0 saturated carbocycles. The number of rotatable bonds is 2. The van der Waals surface area contributed by atoms with E-state index in [1.807, 2.05) is 0 Å². The average molecular weight is 276 g/mol. The van der Waals surface area contributed by atoms with Gasteiger partial charge in [0.05, 0.1) is 5.02 Å². The van der Waals surface area contributed by atoms with Crippen LogP contribution in [0.25, 0.3) is 0 Å². The van der Waals surface area contributed by atoms with Crippen molar-refractivity contribution < 1.29 is 4.39 Å². The molecule has 0 spiro atoms. The van der Waals surface area contributed by atoms with Crippen LogP contribution >= 0.6 is 23.2 Å². The summed E-state index contributed by atoms with van der Waals surface area (Å²) in [5.74, 6) is 0.232. The van der Waals surface area contributed by atoms with Crippen molar-refractivity contribution in [1.29, 1.82) is 0 Å². The van der Waals surface area contributed by atoms with E-state index in [1.165, 1.54) is 0 Å². The van der Waals surface area contributed by atoms with E-state index >= 15 is 0 Å². The predicted octanol–water partition coefficient (Wildman–Crippen LogP) is 3.93. The normalized spacial score (nSPS) is 26.1. The van der Waals surface area contributed by atoms with E-state index in [9.17, 15) is 4.39 Å². The zero-order valence-corrected chi connectivity index (χ0v) is 11.3. The maximum absolute atomic E-state index is 13.7. The zero-order chi connectivity index (χ0) is 12.4. The Morgan fingerprint density at radius 2 is 2.24 bits per heavy atom. The Morgan fingerprint density at radius 3 is 2.94 bits per heavy atom. The fourth-order valence-electron chi connectivity index (χ4n) is 2.14. The van der Waals surface area contributed by atoms with Gasteiger partial charge in [-0.25, -0.2) is 4.39 Å². The highest BCUT2D eigenvalue weighted by Gasteiger charge is 2.24. The van der Waals surface area contributed by atoms with E-state index in [4.69, 9.17) is 23.2 Å². The second-order valence-corrected chi connectivity index (χ2v) is 5.70. The predicted molar refractivity (Wildman–Crippen MR) is 70.1 cm³/mol. The van der Waals surface area contributed by atoms with Crippen molar-refractivity contribution in [3.8, 4) is 0 Å². The van der Waals surface area contributed by atoms with E-state index in [0.29, 0.717) is 18.0 Å². The van der Waals surface area contributed by atoms with Crippen LogP contribution in [0.5, 0.6) is 0 Å². The summed E-state index contributed by atoms with van der Waals surface area (Å²) < 4.78 is 13.7. The Morgan fingerprint density at radius 1 is 1.47 bits per heavy atom. The van der Waals surface area contributed by atoms with Gasteiger partial charge in [0.2, 0.25) is 0 Å². The van der Waals surface area contributed by atoms with Crippen LogP contribution in [0.1, 0.15) is 18.9 Å². The fourth-order valence-corrected chi connectivity index (χ4v) is 2.66. The minimum Gasteiger partial charge on any atom is -0.297 e. The highest BCUT2D eigenvalue weighted by molar-refractivity contribution is 6.30. The molecule has 1 fully saturated rings. The molecule has 1 saturated heterocycles. The van der Waals surface area contributed by atoms with Crippen LogP contribution < -0.4 is 0 Å². The molecule has 1 aromatic rings. The van der Waals surface area contributed by atoms with Crippen LogP contribution in [-0.2, 0) is 6.54 Å². The molecule has 1 aliphatic rings. The topological polar surface area (TPSA) is 3.24 Å². The van der Waals surface area contributed by atoms with Crippen molar-refractivity contribution in [3.05, 3.63) is 34.6 Å². The molecule has 2 unspecified atom stereocenters. The molecule has 2 atom stereocenters. The van der Waals surface area contributed by atoms with Gasteiger partial charge in [-0.1, -0.05) is 30.7 Å². The molecule has 17 heavy (non-hydrogen) atoms. The number of hydrogen-bond donors (Lipinski definition) is 0. The lowest BCUT2D eigenvalue weighted by Gasteiger charge is -2.34. The van der Waals surface area contributed by atoms with Gasteiger partial charge in [0.1, 0.15) is 5.82 Å². The maximum atomic E-state index is 13.7. The summed E-state index contributed by atoms with van der Waals surface area (Å²) in [6, 6.07) is 5.14. The van der Waals surface area contributed by atoms with Gasteiger partial charge < -0.3 is 0 Å². The Bertz CT molecular complexity index is 397. The van der Waals surface area contributed by atoms with Gasteiger partial charge in [-0.3, -0.25) is 4.90 Å². The lowest BCUT2D eigenvalue weighted by molar-refractivity contribution is 0.187. The molecule has 4 heteroatoms. The molecule has 2 rings (SSSR count). The number of piperidine rings is 1. The summed E-state index contributed by atoms with van der Waals surface area (Å²) >= 11 is 12.0. The number of hydrogen-bond acceptors (Lipinski definition) is 1. The summed E-state index contributed by atoms with van der Waals surface area (Å²) in [6.07, 6.45) is 1.07. The molecule has 0 aromatic heterocycles. The average Bonchev–Trinajstić information content (AvgIpc) is 2.30. The van der Waals surface area contributed by atoms with Gasteiger partial charge in [0.25, 0.3) is 0 Å². The van der Waals surface area contributed by atoms with Crippen molar-refractivity contribution >= 4 is 23.2 Å².